The molecule has 0 saturated carbocycles. The van der Waals surface area contributed by atoms with Gasteiger partial charge < -0.3 is 9.73 Å². The van der Waals surface area contributed by atoms with Gasteiger partial charge in [-0.15, -0.1) is 0 Å². The van der Waals surface area contributed by atoms with Crippen molar-refractivity contribution in [2.45, 2.75) is 33.4 Å². The molecule has 0 fully saturated rings. The Morgan fingerprint density at radius 3 is 2.84 bits per heavy atom. The molecule has 3 heterocycles. The molecule has 0 spiro atoms. The lowest BCUT2D eigenvalue weighted by Gasteiger charge is -2.17. The SMILES string of the molecule is CCN(CC)Cc1cnc2c(C(=O)NC(C)c3ccco3)cnn2c1. The molecular formula is C18H23N5O2. The predicted molar refractivity (Wildman–Crippen MR) is 94.2 cm³/mol. The fourth-order valence-electron chi connectivity index (χ4n) is 2.74. The highest BCUT2D eigenvalue weighted by molar-refractivity contribution is 5.99. The maximum Gasteiger partial charge on any atom is 0.257 e. The summed E-state index contributed by atoms with van der Waals surface area (Å²) >= 11 is 0. The van der Waals surface area contributed by atoms with Crippen LogP contribution in [-0.2, 0) is 6.54 Å². The van der Waals surface area contributed by atoms with Crippen molar-refractivity contribution in [2.24, 2.45) is 0 Å². The topological polar surface area (TPSA) is 75.7 Å². The molecule has 132 valence electrons. The lowest BCUT2D eigenvalue weighted by atomic mass is 10.2. The maximum atomic E-state index is 12.5. The molecule has 1 atom stereocenters. The van der Waals surface area contributed by atoms with Crippen molar-refractivity contribution < 1.29 is 9.21 Å². The van der Waals surface area contributed by atoms with Crippen molar-refractivity contribution >= 4 is 11.6 Å². The second kappa shape index (κ2) is 7.48. The Morgan fingerprint density at radius 2 is 2.16 bits per heavy atom. The van der Waals surface area contributed by atoms with Crippen LogP contribution in [-0.4, -0.2) is 38.5 Å². The van der Waals surface area contributed by atoms with E-state index in [1.807, 2.05) is 25.4 Å². The van der Waals surface area contributed by atoms with E-state index >= 15 is 0 Å². The first-order valence-corrected chi connectivity index (χ1v) is 8.51. The van der Waals surface area contributed by atoms with E-state index in [-0.39, 0.29) is 11.9 Å². The number of hydrogen-bond donors (Lipinski definition) is 1. The summed E-state index contributed by atoms with van der Waals surface area (Å²) in [6.45, 7) is 8.90. The summed E-state index contributed by atoms with van der Waals surface area (Å²) in [6, 6.07) is 3.41. The molecule has 3 rings (SSSR count). The largest absolute Gasteiger partial charge is 0.467 e. The molecule has 7 heteroatoms. The molecule has 7 nitrogen and oxygen atoms in total. The number of aromatic nitrogens is 3. The standard InChI is InChI=1S/C18H23N5O2/c1-4-22(5-2)11-14-9-19-17-15(10-20-23(17)12-14)18(24)21-13(3)16-7-6-8-25-16/h6-10,12-13H,4-5,11H2,1-3H3,(H,21,24). The molecule has 0 aliphatic heterocycles. The van der Waals surface area contributed by atoms with Gasteiger partial charge in [-0.2, -0.15) is 5.10 Å². The minimum atomic E-state index is -0.223. The third-order valence-electron chi connectivity index (χ3n) is 4.27. The Kier molecular flexibility index (Phi) is 5.14. The molecule has 1 unspecified atom stereocenters. The monoisotopic (exact) mass is 341 g/mol. The summed E-state index contributed by atoms with van der Waals surface area (Å²) in [5.41, 5.74) is 2.07. The summed E-state index contributed by atoms with van der Waals surface area (Å²) in [4.78, 5) is 19.3. The first-order chi connectivity index (χ1) is 12.1. The molecular weight excluding hydrogens is 318 g/mol. The van der Waals surface area contributed by atoms with Crippen LogP contribution in [0.5, 0.6) is 0 Å². The van der Waals surface area contributed by atoms with Gasteiger partial charge in [0, 0.05) is 24.5 Å². The van der Waals surface area contributed by atoms with Crippen molar-refractivity contribution in [3.8, 4) is 0 Å². The van der Waals surface area contributed by atoms with E-state index in [0.717, 1.165) is 25.2 Å². The minimum absolute atomic E-state index is 0.220. The van der Waals surface area contributed by atoms with Crippen molar-refractivity contribution in [3.63, 3.8) is 0 Å². The van der Waals surface area contributed by atoms with E-state index in [9.17, 15) is 4.79 Å². The molecule has 3 aromatic rings. The summed E-state index contributed by atoms with van der Waals surface area (Å²) in [5.74, 6) is 0.488. The van der Waals surface area contributed by atoms with E-state index in [0.29, 0.717) is 17.0 Å². The van der Waals surface area contributed by atoms with E-state index < -0.39 is 0 Å². The maximum absolute atomic E-state index is 12.5. The third kappa shape index (κ3) is 3.71. The fraction of sp³-hybridized carbons (Fsp3) is 0.389. The predicted octanol–water partition coefficient (Wildman–Crippen LogP) is 2.66. The zero-order chi connectivity index (χ0) is 17.8. The molecule has 3 aromatic heterocycles. The van der Waals surface area contributed by atoms with Gasteiger partial charge in [0.1, 0.15) is 11.3 Å². The van der Waals surface area contributed by atoms with Gasteiger partial charge in [0.05, 0.1) is 18.5 Å². The highest BCUT2D eigenvalue weighted by atomic mass is 16.3. The smallest absolute Gasteiger partial charge is 0.257 e. The second-order valence-electron chi connectivity index (χ2n) is 5.96. The molecule has 0 aromatic carbocycles. The molecule has 0 aliphatic rings. The number of rotatable bonds is 7. The normalized spacial score (nSPS) is 12.6. The van der Waals surface area contributed by atoms with E-state index in [2.05, 4.69) is 34.1 Å². The van der Waals surface area contributed by atoms with Crippen LogP contribution in [0.25, 0.3) is 5.65 Å². The Labute approximate surface area is 146 Å². The first kappa shape index (κ1) is 17.2. The van der Waals surface area contributed by atoms with Crippen LogP contribution < -0.4 is 5.32 Å². The van der Waals surface area contributed by atoms with Gasteiger partial charge in [-0.1, -0.05) is 13.8 Å². The number of hydrogen-bond acceptors (Lipinski definition) is 5. The zero-order valence-corrected chi connectivity index (χ0v) is 14.8. The van der Waals surface area contributed by atoms with E-state index in [4.69, 9.17) is 4.42 Å². The summed E-state index contributed by atoms with van der Waals surface area (Å²) in [7, 11) is 0. The van der Waals surface area contributed by atoms with Gasteiger partial charge in [-0.25, -0.2) is 9.50 Å². The number of nitrogens with one attached hydrogen (secondary N) is 1. The number of amides is 1. The van der Waals surface area contributed by atoms with Crippen LogP contribution in [0.2, 0.25) is 0 Å². The average Bonchev–Trinajstić information content (AvgIpc) is 3.28. The van der Waals surface area contributed by atoms with Crippen molar-refractivity contribution in [2.75, 3.05) is 13.1 Å². The number of fused-ring (bicyclic) bond motifs is 1. The van der Waals surface area contributed by atoms with Crippen LogP contribution in [0.15, 0.2) is 41.4 Å². The minimum Gasteiger partial charge on any atom is -0.467 e. The Bertz CT molecular complexity index is 836. The van der Waals surface area contributed by atoms with E-state index in [1.165, 1.54) is 0 Å². The van der Waals surface area contributed by atoms with Crippen LogP contribution >= 0.6 is 0 Å². The summed E-state index contributed by atoms with van der Waals surface area (Å²) < 4.78 is 6.98. The number of carbonyl (C=O) groups excluding carboxylic acids is 1. The zero-order valence-electron chi connectivity index (χ0n) is 14.8. The Hall–Kier alpha value is -2.67. The Balaban J connectivity index is 1.77. The fourth-order valence-corrected chi connectivity index (χ4v) is 2.74. The average molecular weight is 341 g/mol. The van der Waals surface area contributed by atoms with Gasteiger partial charge in [0.2, 0.25) is 0 Å². The summed E-state index contributed by atoms with van der Waals surface area (Å²) in [6.07, 6.45) is 6.87. The van der Waals surface area contributed by atoms with E-state index in [1.54, 1.807) is 23.0 Å². The molecule has 1 amide bonds. The van der Waals surface area contributed by atoms with Gasteiger partial charge >= 0.3 is 0 Å². The number of carbonyl (C=O) groups is 1. The lowest BCUT2D eigenvalue weighted by Crippen LogP contribution is -2.26. The molecule has 0 aliphatic carbocycles. The summed E-state index contributed by atoms with van der Waals surface area (Å²) in [5, 5.41) is 7.19. The second-order valence-corrected chi connectivity index (χ2v) is 5.96. The molecule has 1 N–H and O–H groups in total. The first-order valence-electron chi connectivity index (χ1n) is 8.51. The number of furan rings is 1. The molecule has 0 radical (unpaired) electrons. The highest BCUT2D eigenvalue weighted by Gasteiger charge is 2.18. The quantitative estimate of drug-likeness (QED) is 0.715. The molecule has 25 heavy (non-hydrogen) atoms. The highest BCUT2D eigenvalue weighted by Crippen LogP contribution is 2.15. The third-order valence-corrected chi connectivity index (χ3v) is 4.27. The molecule has 0 saturated heterocycles. The van der Waals surface area contributed by atoms with Crippen LogP contribution in [0, 0.1) is 0 Å². The molecule has 0 bridgehead atoms. The van der Waals surface area contributed by atoms with Gasteiger partial charge in [0.25, 0.3) is 5.91 Å². The van der Waals surface area contributed by atoms with Crippen LogP contribution in [0.3, 0.4) is 0 Å². The van der Waals surface area contributed by atoms with Crippen LogP contribution in [0.4, 0.5) is 0 Å². The van der Waals surface area contributed by atoms with Gasteiger partial charge in [-0.3, -0.25) is 9.69 Å². The van der Waals surface area contributed by atoms with Crippen molar-refractivity contribution in [1.29, 1.82) is 0 Å². The van der Waals surface area contributed by atoms with Crippen molar-refractivity contribution in [1.82, 2.24) is 24.8 Å². The van der Waals surface area contributed by atoms with Gasteiger partial charge in [-0.05, 0) is 32.1 Å². The van der Waals surface area contributed by atoms with Gasteiger partial charge in [0.15, 0.2) is 5.65 Å². The Morgan fingerprint density at radius 1 is 1.36 bits per heavy atom. The number of nitrogens with zero attached hydrogens (tertiary/aromatic N) is 4. The lowest BCUT2D eigenvalue weighted by molar-refractivity contribution is 0.0937. The van der Waals surface area contributed by atoms with Crippen molar-refractivity contribution in [3.05, 3.63) is 53.9 Å². The van der Waals surface area contributed by atoms with Crippen LogP contribution in [0.1, 0.15) is 48.5 Å².